The number of hydrogen-bond acceptors (Lipinski definition) is 5. The van der Waals surface area contributed by atoms with Crippen molar-refractivity contribution in [2.24, 2.45) is 0 Å². The molecule has 164 valence electrons. The average molecular weight is 429 g/mol. The topological polar surface area (TPSA) is 52.4 Å². The number of pyridine rings is 1. The first-order chi connectivity index (χ1) is 15.7. The fourth-order valence-corrected chi connectivity index (χ4v) is 4.22. The zero-order valence-corrected chi connectivity index (χ0v) is 18.6. The standard InChI is InChI=1S/C26H28N4O2/c1-29(2)13-6-14-32-26-12-10-21(16-27-26)20-9-11-22-23(15-20)30-24(17-31-18-25(30)28-22)19-7-4-3-5-8-19/h3-5,7-12,15-16,24H,6,13-14,17-18H2,1-2H3. The van der Waals surface area contributed by atoms with E-state index in [4.69, 9.17) is 14.5 Å². The molecule has 1 aliphatic heterocycles. The molecule has 6 heteroatoms. The van der Waals surface area contributed by atoms with Crippen LogP contribution < -0.4 is 4.74 Å². The molecule has 0 radical (unpaired) electrons. The van der Waals surface area contributed by atoms with Crippen molar-refractivity contribution in [1.82, 2.24) is 19.4 Å². The first-order valence-electron chi connectivity index (χ1n) is 11.1. The Labute approximate surface area is 188 Å². The molecule has 0 N–H and O–H groups in total. The van der Waals surface area contributed by atoms with Crippen molar-refractivity contribution in [3.8, 4) is 17.0 Å². The van der Waals surface area contributed by atoms with Crippen LogP contribution in [0.15, 0.2) is 66.9 Å². The number of imidazole rings is 1. The number of hydrogen-bond donors (Lipinski definition) is 0. The van der Waals surface area contributed by atoms with Gasteiger partial charge in [-0.3, -0.25) is 0 Å². The molecular formula is C26H28N4O2. The minimum Gasteiger partial charge on any atom is -0.478 e. The highest BCUT2D eigenvalue weighted by atomic mass is 16.5. The fourth-order valence-electron chi connectivity index (χ4n) is 4.22. The summed E-state index contributed by atoms with van der Waals surface area (Å²) < 4.78 is 14.0. The van der Waals surface area contributed by atoms with E-state index in [-0.39, 0.29) is 6.04 Å². The molecular weight excluding hydrogens is 400 g/mol. The van der Waals surface area contributed by atoms with Crippen LogP contribution in [0, 0.1) is 0 Å². The first-order valence-corrected chi connectivity index (χ1v) is 11.1. The van der Waals surface area contributed by atoms with Crippen molar-refractivity contribution in [2.75, 3.05) is 33.9 Å². The van der Waals surface area contributed by atoms with Crippen LogP contribution in [0.4, 0.5) is 0 Å². The smallest absolute Gasteiger partial charge is 0.213 e. The summed E-state index contributed by atoms with van der Waals surface area (Å²) in [6, 6.07) is 21.0. The summed E-state index contributed by atoms with van der Waals surface area (Å²) in [5.41, 5.74) is 5.52. The van der Waals surface area contributed by atoms with Crippen molar-refractivity contribution in [1.29, 1.82) is 0 Å². The molecule has 0 fully saturated rings. The Kier molecular flexibility index (Phi) is 5.88. The lowest BCUT2D eigenvalue weighted by atomic mass is 10.0. The maximum Gasteiger partial charge on any atom is 0.213 e. The lowest BCUT2D eigenvalue weighted by Gasteiger charge is -2.26. The molecule has 1 unspecified atom stereocenters. The van der Waals surface area contributed by atoms with Crippen LogP contribution in [0.25, 0.3) is 22.2 Å². The van der Waals surface area contributed by atoms with E-state index in [1.807, 2.05) is 18.3 Å². The quantitative estimate of drug-likeness (QED) is 0.404. The molecule has 2 aromatic heterocycles. The SMILES string of the molecule is CN(C)CCCOc1ccc(-c2ccc3nc4n(c3c2)C(c2ccccc2)COC4)cn1. The van der Waals surface area contributed by atoms with E-state index in [2.05, 4.69) is 77.1 Å². The number of benzene rings is 2. The lowest BCUT2D eigenvalue weighted by molar-refractivity contribution is 0.0679. The highest BCUT2D eigenvalue weighted by Crippen LogP contribution is 2.32. The number of rotatable bonds is 7. The molecule has 6 nitrogen and oxygen atoms in total. The molecule has 0 spiro atoms. The number of aromatic nitrogens is 3. The Hall–Kier alpha value is -3.22. The van der Waals surface area contributed by atoms with Crippen molar-refractivity contribution in [3.63, 3.8) is 0 Å². The van der Waals surface area contributed by atoms with E-state index in [0.717, 1.165) is 41.0 Å². The largest absolute Gasteiger partial charge is 0.478 e. The van der Waals surface area contributed by atoms with E-state index in [0.29, 0.717) is 25.7 Å². The third-order valence-electron chi connectivity index (χ3n) is 5.83. The predicted molar refractivity (Wildman–Crippen MR) is 126 cm³/mol. The summed E-state index contributed by atoms with van der Waals surface area (Å²) in [6.07, 6.45) is 2.86. The Bertz CT molecular complexity index is 1190. The summed E-state index contributed by atoms with van der Waals surface area (Å²) in [6.45, 7) is 2.85. The van der Waals surface area contributed by atoms with Gasteiger partial charge in [0.15, 0.2) is 0 Å². The van der Waals surface area contributed by atoms with Gasteiger partial charge in [0.2, 0.25) is 5.88 Å². The zero-order chi connectivity index (χ0) is 21.9. The Morgan fingerprint density at radius 3 is 2.69 bits per heavy atom. The molecule has 0 bridgehead atoms. The predicted octanol–water partition coefficient (Wildman–Crippen LogP) is 4.55. The number of ether oxygens (including phenoxy) is 2. The van der Waals surface area contributed by atoms with Gasteiger partial charge in [0.05, 0.1) is 30.3 Å². The van der Waals surface area contributed by atoms with Gasteiger partial charge in [0, 0.05) is 24.4 Å². The second kappa shape index (κ2) is 9.10. The van der Waals surface area contributed by atoms with E-state index in [1.165, 1.54) is 5.56 Å². The van der Waals surface area contributed by atoms with Crippen LogP contribution >= 0.6 is 0 Å². The summed E-state index contributed by atoms with van der Waals surface area (Å²) in [7, 11) is 4.13. The molecule has 4 aromatic rings. The van der Waals surface area contributed by atoms with Gasteiger partial charge in [-0.05, 0) is 49.8 Å². The van der Waals surface area contributed by atoms with E-state index < -0.39 is 0 Å². The Morgan fingerprint density at radius 1 is 1.06 bits per heavy atom. The molecule has 3 heterocycles. The molecule has 1 atom stereocenters. The van der Waals surface area contributed by atoms with E-state index >= 15 is 0 Å². The molecule has 2 aromatic carbocycles. The molecule has 0 amide bonds. The third kappa shape index (κ3) is 4.24. The van der Waals surface area contributed by atoms with Gasteiger partial charge in [0.1, 0.15) is 12.4 Å². The minimum absolute atomic E-state index is 0.122. The summed E-state index contributed by atoms with van der Waals surface area (Å²) in [5, 5.41) is 0. The van der Waals surface area contributed by atoms with Crippen LogP contribution in [0.5, 0.6) is 5.88 Å². The van der Waals surface area contributed by atoms with Crippen LogP contribution in [-0.4, -0.2) is 53.3 Å². The van der Waals surface area contributed by atoms with E-state index in [1.54, 1.807) is 0 Å². The van der Waals surface area contributed by atoms with Crippen molar-refractivity contribution < 1.29 is 9.47 Å². The fraction of sp³-hybridized carbons (Fsp3) is 0.308. The van der Waals surface area contributed by atoms with Gasteiger partial charge >= 0.3 is 0 Å². The van der Waals surface area contributed by atoms with E-state index in [9.17, 15) is 0 Å². The normalized spacial score (nSPS) is 15.8. The third-order valence-corrected chi connectivity index (χ3v) is 5.83. The molecule has 5 rings (SSSR count). The van der Waals surface area contributed by atoms with Crippen LogP contribution in [0.3, 0.4) is 0 Å². The van der Waals surface area contributed by atoms with Crippen LogP contribution in [0.1, 0.15) is 23.9 Å². The van der Waals surface area contributed by atoms with Crippen molar-refractivity contribution in [2.45, 2.75) is 19.1 Å². The molecule has 0 saturated heterocycles. The Balaban J connectivity index is 1.42. The zero-order valence-electron chi connectivity index (χ0n) is 18.6. The Morgan fingerprint density at radius 2 is 1.91 bits per heavy atom. The second-order valence-corrected chi connectivity index (χ2v) is 8.43. The molecule has 32 heavy (non-hydrogen) atoms. The number of fused-ring (bicyclic) bond motifs is 3. The molecule has 1 aliphatic rings. The van der Waals surface area contributed by atoms with Crippen molar-refractivity contribution >= 4 is 11.0 Å². The van der Waals surface area contributed by atoms with Crippen LogP contribution in [0.2, 0.25) is 0 Å². The van der Waals surface area contributed by atoms with Gasteiger partial charge in [-0.1, -0.05) is 36.4 Å². The second-order valence-electron chi connectivity index (χ2n) is 8.43. The highest BCUT2D eigenvalue weighted by Gasteiger charge is 2.25. The maximum atomic E-state index is 5.86. The lowest BCUT2D eigenvalue weighted by Crippen LogP contribution is -2.24. The van der Waals surface area contributed by atoms with Crippen molar-refractivity contribution in [3.05, 3.63) is 78.2 Å². The van der Waals surface area contributed by atoms with Gasteiger partial charge < -0.3 is 18.9 Å². The van der Waals surface area contributed by atoms with Gasteiger partial charge in [-0.25, -0.2) is 9.97 Å². The van der Waals surface area contributed by atoms with Gasteiger partial charge in [-0.2, -0.15) is 0 Å². The van der Waals surface area contributed by atoms with Crippen LogP contribution in [-0.2, 0) is 11.3 Å². The minimum atomic E-state index is 0.122. The number of nitrogens with zero attached hydrogens (tertiary/aromatic N) is 4. The summed E-state index contributed by atoms with van der Waals surface area (Å²) in [5.74, 6) is 1.63. The first kappa shape index (κ1) is 20.7. The van der Waals surface area contributed by atoms with Gasteiger partial charge in [-0.15, -0.1) is 0 Å². The summed E-state index contributed by atoms with van der Waals surface area (Å²) >= 11 is 0. The van der Waals surface area contributed by atoms with Gasteiger partial charge in [0.25, 0.3) is 0 Å². The maximum absolute atomic E-state index is 5.86. The highest BCUT2D eigenvalue weighted by molar-refractivity contribution is 5.83. The molecule has 0 aliphatic carbocycles. The summed E-state index contributed by atoms with van der Waals surface area (Å²) in [4.78, 5) is 11.5. The monoisotopic (exact) mass is 428 g/mol. The molecule has 0 saturated carbocycles. The average Bonchev–Trinajstić information content (AvgIpc) is 3.21.